The summed E-state index contributed by atoms with van der Waals surface area (Å²) in [5.74, 6) is 0.0918. The minimum absolute atomic E-state index is 0.0716. The number of hydrogen-bond donors (Lipinski definition) is 1. The molecule has 0 unspecified atom stereocenters. The van der Waals surface area contributed by atoms with Gasteiger partial charge in [-0.3, -0.25) is 4.79 Å². The zero-order chi connectivity index (χ0) is 12.8. The van der Waals surface area contributed by atoms with Gasteiger partial charge in [-0.25, -0.2) is 0 Å². The Balaban J connectivity index is 1.79. The van der Waals surface area contributed by atoms with Gasteiger partial charge in [0, 0.05) is 22.3 Å². The number of nitrogens with zero attached hydrogens (tertiary/aromatic N) is 1. The first-order valence-electron chi connectivity index (χ1n) is 6.83. The number of aromatic nitrogens is 1. The van der Waals surface area contributed by atoms with Gasteiger partial charge in [0.05, 0.1) is 0 Å². The van der Waals surface area contributed by atoms with Gasteiger partial charge in [-0.05, 0) is 60.5 Å². The van der Waals surface area contributed by atoms with Crippen LogP contribution in [0.25, 0.3) is 0 Å². The fourth-order valence-corrected chi connectivity index (χ4v) is 3.20. The number of nitrogens with one attached hydrogen (secondary N) is 1. The Morgan fingerprint density at radius 3 is 2.78 bits per heavy atom. The van der Waals surface area contributed by atoms with Crippen molar-refractivity contribution < 1.29 is 4.79 Å². The summed E-state index contributed by atoms with van der Waals surface area (Å²) in [6.07, 6.45) is 8.94. The lowest BCUT2D eigenvalue weighted by Gasteiger charge is -2.42. The van der Waals surface area contributed by atoms with Crippen LogP contribution in [-0.4, -0.2) is 16.0 Å². The van der Waals surface area contributed by atoms with E-state index >= 15 is 0 Å². The summed E-state index contributed by atoms with van der Waals surface area (Å²) in [4.78, 5) is 12.4. The Kier molecular flexibility index (Phi) is 3.00. The fraction of sp³-hybridized carbons (Fsp3) is 0.643. The van der Waals surface area contributed by atoms with Crippen molar-refractivity contribution in [2.24, 2.45) is 0 Å². The number of rotatable bonds is 4. The van der Waals surface area contributed by atoms with E-state index in [-0.39, 0.29) is 11.4 Å². The van der Waals surface area contributed by atoms with Crippen LogP contribution in [0.5, 0.6) is 0 Å². The molecule has 1 aromatic heterocycles. The Bertz CT molecular complexity index is 467. The molecule has 2 saturated carbocycles. The molecule has 1 heterocycles. The number of amides is 1. The Labute approximate surface area is 116 Å². The van der Waals surface area contributed by atoms with Crippen LogP contribution in [0.4, 0.5) is 0 Å². The molecule has 0 saturated heterocycles. The van der Waals surface area contributed by atoms with E-state index in [4.69, 9.17) is 0 Å². The van der Waals surface area contributed by atoms with Crippen LogP contribution >= 0.6 is 15.9 Å². The largest absolute Gasteiger partial charge is 0.345 e. The van der Waals surface area contributed by atoms with Gasteiger partial charge in [0.2, 0.25) is 0 Å². The second-order valence-corrected chi connectivity index (χ2v) is 6.54. The smallest absolute Gasteiger partial charge is 0.268 e. The maximum absolute atomic E-state index is 12.4. The van der Waals surface area contributed by atoms with E-state index in [1.54, 1.807) is 0 Å². The molecule has 3 nitrogen and oxygen atoms in total. The normalized spacial score (nSPS) is 21.4. The molecule has 0 aromatic carbocycles. The lowest BCUT2D eigenvalue weighted by Crippen LogP contribution is -2.53. The third kappa shape index (κ3) is 2.11. The second kappa shape index (κ2) is 4.41. The first-order chi connectivity index (χ1) is 8.63. The van der Waals surface area contributed by atoms with Crippen molar-refractivity contribution in [3.8, 4) is 0 Å². The Morgan fingerprint density at radius 1 is 1.56 bits per heavy atom. The quantitative estimate of drug-likeness (QED) is 0.905. The van der Waals surface area contributed by atoms with Crippen LogP contribution < -0.4 is 5.32 Å². The van der Waals surface area contributed by atoms with Crippen LogP contribution in [0.15, 0.2) is 16.7 Å². The summed E-state index contributed by atoms with van der Waals surface area (Å²) in [6, 6.07) is 2.48. The lowest BCUT2D eigenvalue weighted by atomic mass is 9.75. The number of hydrogen-bond acceptors (Lipinski definition) is 1. The maximum atomic E-state index is 12.4. The highest BCUT2D eigenvalue weighted by atomic mass is 79.9. The molecule has 2 aliphatic rings. The molecule has 2 aliphatic carbocycles. The van der Waals surface area contributed by atoms with Crippen molar-refractivity contribution in [1.82, 2.24) is 9.88 Å². The van der Waals surface area contributed by atoms with Crippen molar-refractivity contribution in [1.29, 1.82) is 0 Å². The van der Waals surface area contributed by atoms with Crippen molar-refractivity contribution >= 4 is 21.8 Å². The van der Waals surface area contributed by atoms with Gasteiger partial charge in [-0.2, -0.15) is 0 Å². The van der Waals surface area contributed by atoms with Crippen LogP contribution in [0, 0.1) is 0 Å². The zero-order valence-corrected chi connectivity index (χ0v) is 12.3. The average Bonchev–Trinajstić information content (AvgIpc) is 3.07. The monoisotopic (exact) mass is 310 g/mol. The highest BCUT2D eigenvalue weighted by Crippen LogP contribution is 2.38. The third-order valence-electron chi connectivity index (χ3n) is 4.35. The van der Waals surface area contributed by atoms with E-state index in [1.165, 1.54) is 19.3 Å². The van der Waals surface area contributed by atoms with Gasteiger partial charge in [-0.15, -0.1) is 0 Å². The average molecular weight is 311 g/mol. The summed E-state index contributed by atoms with van der Waals surface area (Å²) in [5, 5.41) is 3.25. The molecule has 18 heavy (non-hydrogen) atoms. The van der Waals surface area contributed by atoms with E-state index in [2.05, 4.69) is 32.7 Å². The molecule has 1 N–H and O–H groups in total. The summed E-state index contributed by atoms with van der Waals surface area (Å²) in [7, 11) is 0. The van der Waals surface area contributed by atoms with Crippen LogP contribution in [0.3, 0.4) is 0 Å². The highest BCUT2D eigenvalue weighted by Gasteiger charge is 2.37. The molecule has 0 spiro atoms. The summed E-state index contributed by atoms with van der Waals surface area (Å²) in [5.41, 5.74) is 0.881. The van der Waals surface area contributed by atoms with Crippen LogP contribution in [0.1, 0.15) is 62.0 Å². The molecule has 0 aliphatic heterocycles. The summed E-state index contributed by atoms with van der Waals surface area (Å²) >= 11 is 3.47. The standard InChI is InChI=1S/C14H19BrN2O/c1-2-14(6-3-7-14)16-13(18)12-8-10(15)9-17(12)11-4-5-11/h8-9,11H,2-7H2,1H3,(H,16,18). The molecule has 0 bridgehead atoms. The molecule has 3 rings (SSSR count). The van der Waals surface area contributed by atoms with E-state index in [0.29, 0.717) is 6.04 Å². The Hall–Kier alpha value is -0.770. The van der Waals surface area contributed by atoms with Gasteiger partial charge in [0.15, 0.2) is 0 Å². The molecule has 0 radical (unpaired) electrons. The van der Waals surface area contributed by atoms with Crippen LogP contribution in [0.2, 0.25) is 0 Å². The number of carbonyl (C=O) groups is 1. The van der Waals surface area contributed by atoms with Gasteiger partial charge < -0.3 is 9.88 Å². The molecule has 1 amide bonds. The molecule has 98 valence electrons. The molecule has 2 fully saturated rings. The number of halogens is 1. The molecule has 4 heteroatoms. The molecule has 0 atom stereocenters. The zero-order valence-electron chi connectivity index (χ0n) is 10.7. The molecular weight excluding hydrogens is 292 g/mol. The van der Waals surface area contributed by atoms with Gasteiger partial charge in [-0.1, -0.05) is 6.92 Å². The van der Waals surface area contributed by atoms with Gasteiger partial charge in [0.1, 0.15) is 5.69 Å². The molecular formula is C14H19BrN2O. The Morgan fingerprint density at radius 2 is 2.28 bits per heavy atom. The van der Waals surface area contributed by atoms with E-state index in [0.717, 1.165) is 29.4 Å². The summed E-state index contributed by atoms with van der Waals surface area (Å²) < 4.78 is 3.13. The first kappa shape index (κ1) is 12.3. The SMILES string of the molecule is CCC1(NC(=O)c2cc(Br)cn2C2CC2)CCC1. The fourth-order valence-electron chi connectivity index (χ4n) is 2.76. The minimum atomic E-state index is 0.0716. The third-order valence-corrected chi connectivity index (χ3v) is 4.79. The van der Waals surface area contributed by atoms with Crippen molar-refractivity contribution in [2.75, 3.05) is 0 Å². The van der Waals surface area contributed by atoms with Crippen molar-refractivity contribution in [3.63, 3.8) is 0 Å². The minimum Gasteiger partial charge on any atom is -0.345 e. The predicted molar refractivity (Wildman–Crippen MR) is 74.7 cm³/mol. The highest BCUT2D eigenvalue weighted by molar-refractivity contribution is 9.10. The maximum Gasteiger partial charge on any atom is 0.268 e. The van der Waals surface area contributed by atoms with Crippen molar-refractivity contribution in [2.45, 2.75) is 57.0 Å². The van der Waals surface area contributed by atoms with Crippen LogP contribution in [-0.2, 0) is 0 Å². The topological polar surface area (TPSA) is 34.0 Å². The predicted octanol–water partition coefficient (Wildman–Crippen LogP) is 3.65. The van der Waals surface area contributed by atoms with E-state index < -0.39 is 0 Å². The van der Waals surface area contributed by atoms with Crippen molar-refractivity contribution in [3.05, 3.63) is 22.4 Å². The van der Waals surface area contributed by atoms with E-state index in [1.807, 2.05) is 12.3 Å². The summed E-state index contributed by atoms with van der Waals surface area (Å²) in [6.45, 7) is 2.16. The molecule has 1 aromatic rings. The first-order valence-corrected chi connectivity index (χ1v) is 7.63. The number of carbonyl (C=O) groups excluding carboxylic acids is 1. The van der Waals surface area contributed by atoms with Gasteiger partial charge in [0.25, 0.3) is 5.91 Å². The van der Waals surface area contributed by atoms with E-state index in [9.17, 15) is 4.79 Å². The van der Waals surface area contributed by atoms with Gasteiger partial charge >= 0.3 is 0 Å². The lowest BCUT2D eigenvalue weighted by molar-refractivity contribution is 0.0810. The second-order valence-electron chi connectivity index (χ2n) is 5.62.